The molecule has 0 unspecified atom stereocenters. The largest absolute Gasteiger partial charge is 0.396 e. The highest BCUT2D eigenvalue weighted by molar-refractivity contribution is 5.97. The van der Waals surface area contributed by atoms with E-state index in [4.69, 9.17) is 0 Å². The Kier molecular flexibility index (Phi) is 5.90. The van der Waals surface area contributed by atoms with Crippen molar-refractivity contribution in [1.29, 1.82) is 0 Å². The van der Waals surface area contributed by atoms with Crippen molar-refractivity contribution in [3.05, 3.63) is 42.1 Å². The van der Waals surface area contributed by atoms with Gasteiger partial charge in [-0.2, -0.15) is 0 Å². The molecule has 2 atom stereocenters. The summed E-state index contributed by atoms with van der Waals surface area (Å²) in [5, 5.41) is 20.1. The maximum absolute atomic E-state index is 13.0. The van der Waals surface area contributed by atoms with Crippen molar-refractivity contribution >= 4 is 16.8 Å². The molecule has 2 saturated heterocycles. The summed E-state index contributed by atoms with van der Waals surface area (Å²) in [5.74, 6) is 0.825. The number of fused-ring (bicyclic) bond motifs is 1. The van der Waals surface area contributed by atoms with Crippen LogP contribution < -0.4 is 0 Å². The fourth-order valence-electron chi connectivity index (χ4n) is 4.57. The second kappa shape index (κ2) is 8.55. The first-order chi connectivity index (χ1) is 13.7. The summed E-state index contributed by atoms with van der Waals surface area (Å²) < 4.78 is 0. The predicted molar refractivity (Wildman–Crippen MR) is 108 cm³/mol. The summed E-state index contributed by atoms with van der Waals surface area (Å²) in [6.45, 7) is 4.54. The number of pyridine rings is 1. The molecule has 0 spiro atoms. The lowest BCUT2D eigenvalue weighted by molar-refractivity contribution is 0.0776. The molecule has 0 aliphatic carbocycles. The molecule has 6 heteroatoms. The van der Waals surface area contributed by atoms with Crippen molar-refractivity contribution in [2.75, 3.05) is 45.9 Å². The summed E-state index contributed by atoms with van der Waals surface area (Å²) in [6, 6.07) is 9.71. The Morgan fingerprint density at radius 3 is 2.57 bits per heavy atom. The van der Waals surface area contributed by atoms with E-state index >= 15 is 0 Å². The van der Waals surface area contributed by atoms with E-state index in [0.29, 0.717) is 24.6 Å². The number of hydrogen-bond donors (Lipinski definition) is 2. The molecule has 0 saturated carbocycles. The van der Waals surface area contributed by atoms with Gasteiger partial charge in [0.25, 0.3) is 5.91 Å². The number of amides is 1. The quantitative estimate of drug-likeness (QED) is 0.821. The highest BCUT2D eigenvalue weighted by Gasteiger charge is 2.36. The van der Waals surface area contributed by atoms with E-state index in [-0.39, 0.29) is 31.0 Å². The molecule has 2 aromatic rings. The van der Waals surface area contributed by atoms with Crippen molar-refractivity contribution in [2.24, 2.45) is 17.8 Å². The number of aliphatic hydroxyl groups is 2. The van der Waals surface area contributed by atoms with Gasteiger partial charge in [-0.05, 0) is 49.9 Å². The molecule has 2 fully saturated rings. The smallest absolute Gasteiger partial charge is 0.255 e. The molecule has 2 aliphatic heterocycles. The monoisotopic (exact) mass is 383 g/mol. The van der Waals surface area contributed by atoms with Gasteiger partial charge >= 0.3 is 0 Å². The lowest BCUT2D eigenvalue weighted by Crippen LogP contribution is -2.40. The molecule has 3 heterocycles. The Hall–Kier alpha value is -2.02. The molecular weight excluding hydrogens is 354 g/mol. The third-order valence-corrected chi connectivity index (χ3v) is 6.39. The van der Waals surface area contributed by atoms with Gasteiger partial charge in [0.15, 0.2) is 0 Å². The summed E-state index contributed by atoms with van der Waals surface area (Å²) in [4.78, 5) is 21.7. The Morgan fingerprint density at radius 1 is 1.07 bits per heavy atom. The van der Waals surface area contributed by atoms with E-state index < -0.39 is 0 Å². The maximum atomic E-state index is 13.0. The number of rotatable bonds is 5. The zero-order valence-corrected chi connectivity index (χ0v) is 16.2. The number of nitrogens with zero attached hydrogens (tertiary/aromatic N) is 3. The van der Waals surface area contributed by atoms with E-state index in [2.05, 4.69) is 9.88 Å². The van der Waals surface area contributed by atoms with Crippen LogP contribution in [0.1, 0.15) is 23.2 Å². The van der Waals surface area contributed by atoms with Gasteiger partial charge < -0.3 is 20.0 Å². The standard InChI is InChI=1S/C22H29N3O3/c26-14-16-5-7-24(8-6-16)11-19-12-25(13-20(19)15-27)22(28)18-9-17-3-1-2-4-21(17)23-10-18/h1-4,9-10,16,19-20,26-27H,5-8,11-15H2/t19-,20-/m0/s1. The summed E-state index contributed by atoms with van der Waals surface area (Å²) >= 11 is 0. The van der Waals surface area contributed by atoms with Crippen LogP contribution in [0.2, 0.25) is 0 Å². The van der Waals surface area contributed by atoms with E-state index in [9.17, 15) is 15.0 Å². The molecular formula is C22H29N3O3. The second-order valence-electron chi connectivity index (χ2n) is 8.26. The summed E-state index contributed by atoms with van der Waals surface area (Å²) in [7, 11) is 0. The molecule has 28 heavy (non-hydrogen) atoms. The van der Waals surface area contributed by atoms with E-state index in [0.717, 1.165) is 43.4 Å². The van der Waals surface area contributed by atoms with E-state index in [1.807, 2.05) is 35.2 Å². The third-order valence-electron chi connectivity index (χ3n) is 6.39. The topological polar surface area (TPSA) is 76.9 Å². The van der Waals surface area contributed by atoms with Crippen LogP contribution in [-0.2, 0) is 0 Å². The Bertz CT molecular complexity index is 820. The van der Waals surface area contributed by atoms with E-state index in [1.165, 1.54) is 0 Å². The van der Waals surface area contributed by atoms with Gasteiger partial charge in [0.1, 0.15) is 0 Å². The first-order valence-corrected chi connectivity index (χ1v) is 10.3. The SMILES string of the molecule is O=C(c1cnc2ccccc2c1)N1C[C@@H](CO)[C@@H](CN2CCC(CO)CC2)C1. The zero-order chi connectivity index (χ0) is 19.5. The molecule has 1 aromatic carbocycles. The fraction of sp³-hybridized carbons (Fsp3) is 0.545. The van der Waals surface area contributed by atoms with Crippen LogP contribution in [0.15, 0.2) is 36.5 Å². The van der Waals surface area contributed by atoms with Gasteiger partial charge in [-0.1, -0.05) is 18.2 Å². The van der Waals surface area contributed by atoms with Gasteiger partial charge in [-0.25, -0.2) is 0 Å². The van der Waals surface area contributed by atoms with Gasteiger partial charge in [-0.3, -0.25) is 9.78 Å². The number of aliphatic hydroxyl groups excluding tert-OH is 2. The number of carbonyl (C=O) groups excluding carboxylic acids is 1. The van der Waals surface area contributed by atoms with Crippen LogP contribution in [0.5, 0.6) is 0 Å². The van der Waals surface area contributed by atoms with E-state index in [1.54, 1.807) is 6.20 Å². The average molecular weight is 383 g/mol. The molecule has 1 amide bonds. The number of hydrogen-bond acceptors (Lipinski definition) is 5. The van der Waals surface area contributed by atoms with Gasteiger partial charge in [0, 0.05) is 50.3 Å². The second-order valence-corrected chi connectivity index (χ2v) is 8.26. The number of likely N-dealkylation sites (tertiary alicyclic amines) is 2. The number of para-hydroxylation sites is 1. The minimum atomic E-state index is -0.00167. The number of piperidine rings is 1. The summed E-state index contributed by atoms with van der Waals surface area (Å²) in [5.41, 5.74) is 1.50. The summed E-state index contributed by atoms with van der Waals surface area (Å²) in [6.07, 6.45) is 3.71. The highest BCUT2D eigenvalue weighted by atomic mass is 16.3. The van der Waals surface area contributed by atoms with Crippen molar-refractivity contribution in [1.82, 2.24) is 14.8 Å². The van der Waals surface area contributed by atoms with Crippen LogP contribution in [0.4, 0.5) is 0 Å². The minimum Gasteiger partial charge on any atom is -0.396 e. The molecule has 2 aliphatic rings. The van der Waals surface area contributed by atoms with Crippen LogP contribution in [0.3, 0.4) is 0 Å². The molecule has 0 bridgehead atoms. The van der Waals surface area contributed by atoms with Crippen molar-refractivity contribution < 1.29 is 15.0 Å². The highest BCUT2D eigenvalue weighted by Crippen LogP contribution is 2.28. The number of benzene rings is 1. The van der Waals surface area contributed by atoms with Crippen LogP contribution in [-0.4, -0.2) is 76.8 Å². The van der Waals surface area contributed by atoms with Gasteiger partial charge in [0.2, 0.25) is 0 Å². The van der Waals surface area contributed by atoms with Crippen LogP contribution >= 0.6 is 0 Å². The van der Waals surface area contributed by atoms with Crippen molar-refractivity contribution in [2.45, 2.75) is 12.8 Å². The maximum Gasteiger partial charge on any atom is 0.255 e. The fourth-order valence-corrected chi connectivity index (χ4v) is 4.57. The molecule has 0 radical (unpaired) electrons. The first-order valence-electron chi connectivity index (χ1n) is 10.3. The Morgan fingerprint density at radius 2 is 1.82 bits per heavy atom. The molecule has 6 nitrogen and oxygen atoms in total. The first kappa shape index (κ1) is 19.3. The normalized spacial score (nSPS) is 24.1. The molecule has 150 valence electrons. The predicted octanol–water partition coefficient (Wildman–Crippen LogP) is 1.62. The Balaban J connectivity index is 1.41. The minimum absolute atomic E-state index is 0.00167. The van der Waals surface area contributed by atoms with Crippen molar-refractivity contribution in [3.8, 4) is 0 Å². The Labute approximate surface area is 165 Å². The van der Waals surface area contributed by atoms with Crippen LogP contribution in [0, 0.1) is 17.8 Å². The van der Waals surface area contributed by atoms with Crippen LogP contribution in [0.25, 0.3) is 10.9 Å². The van der Waals surface area contributed by atoms with Crippen molar-refractivity contribution in [3.63, 3.8) is 0 Å². The molecule has 1 aromatic heterocycles. The number of carbonyl (C=O) groups is 1. The zero-order valence-electron chi connectivity index (χ0n) is 16.2. The number of aromatic nitrogens is 1. The lowest BCUT2D eigenvalue weighted by atomic mass is 9.93. The van der Waals surface area contributed by atoms with Gasteiger partial charge in [0.05, 0.1) is 11.1 Å². The lowest BCUT2D eigenvalue weighted by Gasteiger charge is -2.33. The average Bonchev–Trinajstić information content (AvgIpc) is 3.16. The van der Waals surface area contributed by atoms with Gasteiger partial charge in [-0.15, -0.1) is 0 Å². The third kappa shape index (κ3) is 4.04. The molecule has 4 rings (SSSR count). The molecule has 2 N–H and O–H groups in total.